The first-order chi connectivity index (χ1) is 10.1. The summed E-state index contributed by atoms with van der Waals surface area (Å²) < 4.78 is 0. The molecule has 120 valence electrons. The van der Waals surface area contributed by atoms with Crippen LogP contribution in [-0.2, 0) is 0 Å². The van der Waals surface area contributed by atoms with Crippen molar-refractivity contribution >= 4 is 5.69 Å². The maximum atomic E-state index is 3.68. The van der Waals surface area contributed by atoms with E-state index in [1.807, 2.05) is 0 Å². The number of rotatable bonds is 10. The first-order valence-electron chi connectivity index (χ1n) is 8.62. The Labute approximate surface area is 131 Å². The lowest BCUT2D eigenvalue weighted by Gasteiger charge is -2.24. The molecule has 0 saturated heterocycles. The summed E-state index contributed by atoms with van der Waals surface area (Å²) in [6, 6.07) is 9.53. The van der Waals surface area contributed by atoms with Crippen molar-refractivity contribution in [2.45, 2.75) is 58.9 Å². The zero-order valence-electron chi connectivity index (χ0n) is 14.7. The fourth-order valence-corrected chi connectivity index (χ4v) is 2.90. The summed E-state index contributed by atoms with van der Waals surface area (Å²) in [4.78, 5) is 2.15. The van der Waals surface area contributed by atoms with Crippen LogP contribution in [0.3, 0.4) is 0 Å². The smallest absolute Gasteiger partial charge is 0.0361 e. The van der Waals surface area contributed by atoms with E-state index in [-0.39, 0.29) is 0 Å². The van der Waals surface area contributed by atoms with E-state index < -0.39 is 0 Å². The van der Waals surface area contributed by atoms with Gasteiger partial charge in [0.15, 0.2) is 0 Å². The van der Waals surface area contributed by atoms with Crippen molar-refractivity contribution in [3.63, 3.8) is 0 Å². The molecule has 1 aromatic carbocycles. The van der Waals surface area contributed by atoms with Gasteiger partial charge in [-0.2, -0.15) is 0 Å². The third-order valence-corrected chi connectivity index (χ3v) is 4.37. The van der Waals surface area contributed by atoms with Gasteiger partial charge in [-0.1, -0.05) is 58.6 Å². The van der Waals surface area contributed by atoms with Crippen molar-refractivity contribution in [1.82, 2.24) is 5.32 Å². The van der Waals surface area contributed by atoms with Crippen molar-refractivity contribution in [1.29, 1.82) is 0 Å². The second kappa shape index (κ2) is 9.83. The first-order valence-corrected chi connectivity index (χ1v) is 8.62. The van der Waals surface area contributed by atoms with Crippen molar-refractivity contribution in [3.8, 4) is 0 Å². The average Bonchev–Trinajstić information content (AvgIpc) is 2.50. The molecule has 0 spiro atoms. The monoisotopic (exact) mass is 290 g/mol. The number of nitrogens with one attached hydrogen (secondary N) is 1. The fourth-order valence-electron chi connectivity index (χ4n) is 2.90. The van der Waals surface area contributed by atoms with Gasteiger partial charge in [0.05, 0.1) is 0 Å². The summed E-state index contributed by atoms with van der Waals surface area (Å²) >= 11 is 0. The number of nitrogens with zero attached hydrogens (tertiary/aromatic N) is 1. The minimum absolute atomic E-state index is 0.494. The van der Waals surface area contributed by atoms with E-state index in [1.165, 1.54) is 43.4 Å². The van der Waals surface area contributed by atoms with Crippen LogP contribution in [0.25, 0.3) is 0 Å². The fraction of sp³-hybridized carbons (Fsp3) is 0.684. The van der Waals surface area contributed by atoms with Crippen LogP contribution in [0.15, 0.2) is 24.3 Å². The molecule has 21 heavy (non-hydrogen) atoms. The van der Waals surface area contributed by atoms with Gasteiger partial charge in [0, 0.05) is 25.8 Å². The molecule has 0 fully saturated rings. The molecule has 2 unspecified atom stereocenters. The third kappa shape index (κ3) is 6.09. The van der Waals surface area contributed by atoms with Gasteiger partial charge in [0.25, 0.3) is 0 Å². The lowest BCUT2D eigenvalue weighted by molar-refractivity contribution is 0.357. The maximum Gasteiger partial charge on any atom is 0.0361 e. The summed E-state index contributed by atoms with van der Waals surface area (Å²) in [6.45, 7) is 7.85. The summed E-state index contributed by atoms with van der Waals surface area (Å²) in [5, 5.41) is 3.68. The van der Waals surface area contributed by atoms with Gasteiger partial charge in [0.1, 0.15) is 0 Å². The molecule has 2 atom stereocenters. The highest BCUT2D eigenvalue weighted by molar-refractivity contribution is 5.46. The summed E-state index contributed by atoms with van der Waals surface area (Å²) in [5.74, 6) is 0.836. The van der Waals surface area contributed by atoms with E-state index in [0.717, 1.165) is 12.5 Å². The Morgan fingerprint density at radius 2 is 1.71 bits per heavy atom. The van der Waals surface area contributed by atoms with Crippen molar-refractivity contribution < 1.29 is 0 Å². The molecule has 0 aliphatic heterocycles. The maximum absolute atomic E-state index is 3.68. The van der Waals surface area contributed by atoms with Crippen molar-refractivity contribution in [2.24, 2.45) is 5.92 Å². The van der Waals surface area contributed by atoms with Gasteiger partial charge in [0.2, 0.25) is 0 Å². The van der Waals surface area contributed by atoms with Crippen molar-refractivity contribution in [3.05, 3.63) is 29.8 Å². The summed E-state index contributed by atoms with van der Waals surface area (Å²) in [6.07, 6.45) is 6.57. The molecule has 0 heterocycles. The summed E-state index contributed by atoms with van der Waals surface area (Å²) in [7, 11) is 4.18. The Balaban J connectivity index is 2.74. The summed E-state index contributed by atoms with van der Waals surface area (Å²) in [5.41, 5.74) is 2.70. The highest BCUT2D eigenvalue weighted by Gasteiger charge is 2.16. The number of hydrogen-bond acceptors (Lipinski definition) is 2. The minimum Gasteiger partial charge on any atom is -0.378 e. The topological polar surface area (TPSA) is 15.3 Å². The Kier molecular flexibility index (Phi) is 8.44. The molecule has 0 saturated carbocycles. The van der Waals surface area contributed by atoms with Gasteiger partial charge in [-0.25, -0.2) is 0 Å². The molecule has 0 radical (unpaired) electrons. The molecule has 2 nitrogen and oxygen atoms in total. The molecule has 2 heteroatoms. The zero-order chi connectivity index (χ0) is 15.7. The van der Waals surface area contributed by atoms with Crippen LogP contribution in [-0.4, -0.2) is 20.6 Å². The number of unbranched alkanes of at least 4 members (excludes halogenated alkanes) is 1. The number of hydrogen-bond donors (Lipinski definition) is 1. The highest BCUT2D eigenvalue weighted by atomic mass is 15.1. The molecule has 0 aliphatic rings. The van der Waals surface area contributed by atoms with Crippen LogP contribution in [0, 0.1) is 5.92 Å². The van der Waals surface area contributed by atoms with Gasteiger partial charge in [-0.05, 0) is 36.6 Å². The van der Waals surface area contributed by atoms with Crippen LogP contribution in [0.4, 0.5) is 5.69 Å². The Hall–Kier alpha value is -1.02. The second-order valence-electron chi connectivity index (χ2n) is 6.25. The normalized spacial score (nSPS) is 14.0. The van der Waals surface area contributed by atoms with Crippen LogP contribution in [0.1, 0.15) is 64.5 Å². The molecule has 1 N–H and O–H groups in total. The van der Waals surface area contributed by atoms with Crippen LogP contribution in [0.2, 0.25) is 0 Å². The van der Waals surface area contributed by atoms with E-state index in [9.17, 15) is 0 Å². The molecular formula is C19H34N2. The van der Waals surface area contributed by atoms with E-state index in [1.54, 1.807) is 0 Å². The predicted octanol–water partition coefficient (Wildman–Crippen LogP) is 5.01. The van der Waals surface area contributed by atoms with E-state index >= 15 is 0 Å². The predicted molar refractivity (Wildman–Crippen MR) is 95.1 cm³/mol. The Bertz CT molecular complexity index is 370. The Morgan fingerprint density at radius 1 is 1.05 bits per heavy atom. The molecule has 1 aromatic rings. The van der Waals surface area contributed by atoms with Crippen LogP contribution >= 0.6 is 0 Å². The Morgan fingerprint density at radius 3 is 2.19 bits per heavy atom. The molecule has 0 aromatic heterocycles. The first kappa shape index (κ1) is 18.0. The van der Waals surface area contributed by atoms with Crippen molar-refractivity contribution in [2.75, 3.05) is 25.5 Å². The molecular weight excluding hydrogens is 256 g/mol. The van der Waals surface area contributed by atoms with Crippen LogP contribution in [0.5, 0.6) is 0 Å². The zero-order valence-corrected chi connectivity index (χ0v) is 14.7. The standard InChI is InChI=1S/C19H34N2/c1-6-9-10-16(7-2)15-19(20-8-3)17-11-13-18(14-12-17)21(4)5/h11-14,16,19-20H,6-10,15H2,1-5H3. The lowest BCUT2D eigenvalue weighted by atomic mass is 9.89. The average molecular weight is 290 g/mol. The molecule has 0 bridgehead atoms. The number of benzene rings is 1. The highest BCUT2D eigenvalue weighted by Crippen LogP contribution is 2.27. The second-order valence-corrected chi connectivity index (χ2v) is 6.25. The SMILES string of the molecule is CCCCC(CC)CC(NCC)c1ccc(N(C)C)cc1. The molecule has 0 amide bonds. The van der Waals surface area contributed by atoms with E-state index in [4.69, 9.17) is 0 Å². The van der Waals surface area contributed by atoms with Crippen LogP contribution < -0.4 is 10.2 Å². The lowest BCUT2D eigenvalue weighted by Crippen LogP contribution is -2.23. The van der Waals surface area contributed by atoms with E-state index in [2.05, 4.69) is 69.3 Å². The number of anilines is 1. The minimum atomic E-state index is 0.494. The molecule has 0 aliphatic carbocycles. The molecule has 1 rings (SSSR count). The van der Waals surface area contributed by atoms with Gasteiger partial charge >= 0.3 is 0 Å². The van der Waals surface area contributed by atoms with Gasteiger partial charge in [-0.3, -0.25) is 0 Å². The van der Waals surface area contributed by atoms with Gasteiger partial charge in [-0.15, -0.1) is 0 Å². The van der Waals surface area contributed by atoms with E-state index in [0.29, 0.717) is 6.04 Å². The quantitative estimate of drug-likeness (QED) is 0.651. The van der Waals surface area contributed by atoms with Gasteiger partial charge < -0.3 is 10.2 Å². The third-order valence-electron chi connectivity index (χ3n) is 4.37. The largest absolute Gasteiger partial charge is 0.378 e.